The fourth-order valence-corrected chi connectivity index (χ4v) is 1.55. The Bertz CT molecular complexity index is 182. The van der Waals surface area contributed by atoms with Gasteiger partial charge in [0.1, 0.15) is 0 Å². The minimum absolute atomic E-state index is 0.0947. The molecule has 1 atom stereocenters. The molecule has 0 rings (SSSR count). The highest BCUT2D eigenvalue weighted by Gasteiger charge is 2.07. The lowest BCUT2D eigenvalue weighted by atomic mass is 10.4. The molecule has 0 spiro atoms. The van der Waals surface area contributed by atoms with Gasteiger partial charge in [-0.2, -0.15) is 0 Å². The zero-order valence-corrected chi connectivity index (χ0v) is 7.33. The summed E-state index contributed by atoms with van der Waals surface area (Å²) in [6, 6.07) is 0. The average Bonchev–Trinajstić information content (AvgIpc) is 1.88. The van der Waals surface area contributed by atoms with E-state index in [1.165, 1.54) is 6.92 Å². The van der Waals surface area contributed by atoms with Crippen LogP contribution in [0.5, 0.6) is 0 Å². The highest BCUT2D eigenvalue weighted by molar-refractivity contribution is 7.90. The molecule has 10 heavy (non-hydrogen) atoms. The van der Waals surface area contributed by atoms with Crippen LogP contribution in [-0.4, -0.2) is 15.7 Å². The molecule has 0 amide bonds. The first-order valence-electron chi connectivity index (χ1n) is 3.19. The van der Waals surface area contributed by atoms with Gasteiger partial charge in [0.05, 0.1) is 15.7 Å². The number of hydrogen-bond donors (Lipinski definition) is 0. The summed E-state index contributed by atoms with van der Waals surface area (Å²) in [5, 5.41) is 0. The van der Waals surface area contributed by atoms with Gasteiger partial charge in [0.25, 0.3) is 0 Å². The number of carbonyl (C=O) groups is 1. The van der Waals surface area contributed by atoms with E-state index in [9.17, 15) is 9.00 Å². The van der Waals surface area contributed by atoms with Crippen LogP contribution in [-0.2, 0) is 15.6 Å². The van der Waals surface area contributed by atoms with Gasteiger partial charge < -0.3 is 0 Å². The normalized spacial score (nSPS) is 14.9. The molecule has 0 aromatic rings. The SMILES string of the molecule is C/C=C(\C(C)=O)[S@@](=O)CC. The minimum atomic E-state index is -1.08. The Morgan fingerprint density at radius 3 is 2.20 bits per heavy atom. The van der Waals surface area contributed by atoms with E-state index in [1.54, 1.807) is 19.9 Å². The van der Waals surface area contributed by atoms with Gasteiger partial charge >= 0.3 is 0 Å². The molecule has 0 radical (unpaired) electrons. The average molecular weight is 160 g/mol. The van der Waals surface area contributed by atoms with Gasteiger partial charge in [-0.1, -0.05) is 13.0 Å². The van der Waals surface area contributed by atoms with E-state index >= 15 is 0 Å². The standard InChI is InChI=1S/C7H12O2S/c1-4-7(6(3)8)10(9)5-2/h4H,5H2,1-3H3/b7-4+/t10-/m0/s1. The molecular formula is C7H12O2S. The van der Waals surface area contributed by atoms with E-state index in [0.717, 1.165) is 0 Å². The zero-order chi connectivity index (χ0) is 8.15. The molecule has 0 aliphatic carbocycles. The molecular weight excluding hydrogens is 148 g/mol. The van der Waals surface area contributed by atoms with Crippen LogP contribution in [0.25, 0.3) is 0 Å². The Balaban J connectivity index is 4.39. The first-order chi connectivity index (χ1) is 4.63. The van der Waals surface area contributed by atoms with E-state index in [0.29, 0.717) is 10.7 Å². The molecule has 0 N–H and O–H groups in total. The summed E-state index contributed by atoms with van der Waals surface area (Å²) in [7, 11) is -1.08. The van der Waals surface area contributed by atoms with Gasteiger partial charge in [0.2, 0.25) is 0 Å². The van der Waals surface area contributed by atoms with E-state index in [4.69, 9.17) is 0 Å². The highest BCUT2D eigenvalue weighted by atomic mass is 32.2. The van der Waals surface area contributed by atoms with Gasteiger partial charge in [0.15, 0.2) is 5.78 Å². The second-order valence-electron chi connectivity index (χ2n) is 1.84. The number of Topliss-reactive ketones (excluding diaryl/α,β-unsaturated/α-hetero) is 1. The van der Waals surface area contributed by atoms with Gasteiger partial charge in [-0.25, -0.2) is 0 Å². The van der Waals surface area contributed by atoms with Crippen LogP contribution in [0.2, 0.25) is 0 Å². The first-order valence-corrected chi connectivity index (χ1v) is 4.51. The third-order valence-electron chi connectivity index (χ3n) is 1.12. The lowest BCUT2D eigenvalue weighted by molar-refractivity contribution is -0.113. The van der Waals surface area contributed by atoms with Crippen LogP contribution >= 0.6 is 0 Å². The second-order valence-corrected chi connectivity index (χ2v) is 3.55. The van der Waals surface area contributed by atoms with Crippen molar-refractivity contribution in [3.05, 3.63) is 11.0 Å². The molecule has 0 saturated heterocycles. The molecule has 0 aliphatic rings. The van der Waals surface area contributed by atoms with Crippen molar-refractivity contribution in [3.63, 3.8) is 0 Å². The predicted molar refractivity (Wildman–Crippen MR) is 43.1 cm³/mol. The van der Waals surface area contributed by atoms with Crippen molar-refractivity contribution in [1.82, 2.24) is 0 Å². The van der Waals surface area contributed by atoms with Gasteiger partial charge in [0, 0.05) is 5.75 Å². The zero-order valence-electron chi connectivity index (χ0n) is 6.51. The quantitative estimate of drug-likeness (QED) is 0.582. The van der Waals surface area contributed by atoms with E-state index in [2.05, 4.69) is 0 Å². The van der Waals surface area contributed by atoms with Gasteiger partial charge in [-0.3, -0.25) is 9.00 Å². The largest absolute Gasteiger partial charge is 0.294 e. The van der Waals surface area contributed by atoms with E-state index in [-0.39, 0.29) is 5.78 Å². The number of carbonyl (C=O) groups excluding carboxylic acids is 1. The van der Waals surface area contributed by atoms with E-state index in [1.807, 2.05) is 0 Å². The summed E-state index contributed by atoms with van der Waals surface area (Å²) in [4.78, 5) is 11.1. The molecule has 0 aromatic heterocycles. The fourth-order valence-electron chi connectivity index (χ4n) is 0.651. The topological polar surface area (TPSA) is 34.1 Å². The number of ketones is 1. The van der Waals surface area contributed by atoms with Crippen LogP contribution < -0.4 is 0 Å². The smallest absolute Gasteiger partial charge is 0.168 e. The van der Waals surface area contributed by atoms with Crippen molar-refractivity contribution >= 4 is 16.6 Å². The summed E-state index contributed by atoms with van der Waals surface area (Å²) in [6.45, 7) is 4.95. The van der Waals surface area contributed by atoms with Crippen molar-refractivity contribution in [2.45, 2.75) is 20.8 Å². The lowest BCUT2D eigenvalue weighted by Gasteiger charge is -1.97. The Labute approximate surface area is 63.8 Å². The minimum Gasteiger partial charge on any atom is -0.294 e. The molecule has 0 heterocycles. The van der Waals surface area contributed by atoms with Crippen molar-refractivity contribution < 1.29 is 9.00 Å². The summed E-state index contributed by atoms with van der Waals surface area (Å²) < 4.78 is 11.0. The van der Waals surface area contributed by atoms with Crippen LogP contribution in [0.3, 0.4) is 0 Å². The Morgan fingerprint density at radius 1 is 1.60 bits per heavy atom. The molecule has 2 nitrogen and oxygen atoms in total. The van der Waals surface area contributed by atoms with Gasteiger partial charge in [-0.05, 0) is 13.8 Å². The Hall–Kier alpha value is -0.440. The molecule has 0 aliphatic heterocycles. The van der Waals surface area contributed by atoms with Crippen molar-refractivity contribution in [2.24, 2.45) is 0 Å². The van der Waals surface area contributed by atoms with Crippen molar-refractivity contribution in [1.29, 1.82) is 0 Å². The molecule has 0 saturated carbocycles. The summed E-state index contributed by atoms with van der Waals surface area (Å²) in [5.74, 6) is 0.418. The summed E-state index contributed by atoms with van der Waals surface area (Å²) >= 11 is 0. The molecule has 3 heteroatoms. The summed E-state index contributed by atoms with van der Waals surface area (Å²) in [6.07, 6.45) is 1.61. The van der Waals surface area contributed by atoms with Crippen molar-refractivity contribution in [3.8, 4) is 0 Å². The maximum atomic E-state index is 11.0. The fraction of sp³-hybridized carbons (Fsp3) is 0.571. The molecule has 58 valence electrons. The lowest BCUT2D eigenvalue weighted by Crippen LogP contribution is -2.05. The van der Waals surface area contributed by atoms with Crippen LogP contribution in [0.1, 0.15) is 20.8 Å². The highest BCUT2D eigenvalue weighted by Crippen LogP contribution is 2.02. The van der Waals surface area contributed by atoms with Crippen molar-refractivity contribution in [2.75, 3.05) is 5.75 Å². The van der Waals surface area contributed by atoms with Crippen LogP contribution in [0.4, 0.5) is 0 Å². The number of hydrogen-bond acceptors (Lipinski definition) is 2. The summed E-state index contributed by atoms with van der Waals surface area (Å²) in [5.41, 5.74) is 0. The van der Waals surface area contributed by atoms with Crippen LogP contribution in [0, 0.1) is 0 Å². The Kier molecular flexibility index (Phi) is 4.19. The second kappa shape index (κ2) is 4.39. The molecule has 0 unspecified atom stereocenters. The number of rotatable bonds is 3. The molecule has 0 fully saturated rings. The maximum absolute atomic E-state index is 11.0. The van der Waals surface area contributed by atoms with Crippen LogP contribution in [0.15, 0.2) is 11.0 Å². The monoisotopic (exact) mass is 160 g/mol. The first kappa shape index (κ1) is 9.56. The predicted octanol–water partition coefficient (Wildman–Crippen LogP) is 1.25. The third kappa shape index (κ3) is 2.43. The maximum Gasteiger partial charge on any atom is 0.168 e. The number of allylic oxidation sites excluding steroid dienone is 2. The molecule has 0 aromatic carbocycles. The van der Waals surface area contributed by atoms with Gasteiger partial charge in [-0.15, -0.1) is 0 Å². The third-order valence-corrected chi connectivity index (χ3v) is 2.65. The Morgan fingerprint density at radius 2 is 2.10 bits per heavy atom. The molecule has 0 bridgehead atoms. The van der Waals surface area contributed by atoms with E-state index < -0.39 is 10.8 Å².